The standard InChI is InChI=1S/C22H27N/c1-21(2,3)19-12-18(13-20(14-19)22(4,5)6)11-16-7-9-17(15-23)10-8-16/h7-13H,14H2,1-6H3. The van der Waals surface area contributed by atoms with Gasteiger partial charge in [0.2, 0.25) is 0 Å². The second-order valence-corrected chi connectivity index (χ2v) is 8.39. The highest BCUT2D eigenvalue weighted by molar-refractivity contribution is 5.63. The lowest BCUT2D eigenvalue weighted by Gasteiger charge is -2.33. The molecule has 0 atom stereocenters. The summed E-state index contributed by atoms with van der Waals surface area (Å²) in [6, 6.07) is 9.93. The number of hydrogen-bond acceptors (Lipinski definition) is 1. The van der Waals surface area contributed by atoms with Crippen molar-refractivity contribution >= 4 is 6.08 Å². The Morgan fingerprint density at radius 3 is 1.74 bits per heavy atom. The van der Waals surface area contributed by atoms with Gasteiger partial charge in [0.25, 0.3) is 0 Å². The maximum absolute atomic E-state index is 8.91. The molecule has 0 N–H and O–H groups in total. The van der Waals surface area contributed by atoms with E-state index >= 15 is 0 Å². The highest BCUT2D eigenvalue weighted by atomic mass is 14.3. The lowest BCUT2D eigenvalue weighted by atomic mass is 9.72. The lowest BCUT2D eigenvalue weighted by Crippen LogP contribution is -2.18. The van der Waals surface area contributed by atoms with Crippen molar-refractivity contribution in [2.75, 3.05) is 0 Å². The molecule has 0 spiro atoms. The Labute approximate surface area is 141 Å². The summed E-state index contributed by atoms with van der Waals surface area (Å²) in [6.07, 6.45) is 7.91. The van der Waals surface area contributed by atoms with Gasteiger partial charge < -0.3 is 0 Å². The Balaban J connectivity index is 2.45. The van der Waals surface area contributed by atoms with E-state index in [1.165, 1.54) is 16.7 Å². The summed E-state index contributed by atoms with van der Waals surface area (Å²) in [6.45, 7) is 13.7. The third-order valence-electron chi connectivity index (χ3n) is 4.36. The Kier molecular flexibility index (Phi) is 4.66. The monoisotopic (exact) mass is 305 g/mol. The largest absolute Gasteiger partial charge is 0.192 e. The first-order valence-corrected chi connectivity index (χ1v) is 8.23. The molecule has 2 rings (SSSR count). The Bertz CT molecular complexity index is 673. The van der Waals surface area contributed by atoms with Crippen molar-refractivity contribution in [3.05, 3.63) is 64.3 Å². The molecule has 0 saturated heterocycles. The van der Waals surface area contributed by atoms with E-state index in [4.69, 9.17) is 5.26 Å². The van der Waals surface area contributed by atoms with Crippen LogP contribution in [-0.4, -0.2) is 0 Å². The van der Waals surface area contributed by atoms with Gasteiger partial charge in [-0.25, -0.2) is 0 Å². The third-order valence-corrected chi connectivity index (χ3v) is 4.36. The van der Waals surface area contributed by atoms with E-state index in [1.807, 2.05) is 24.3 Å². The summed E-state index contributed by atoms with van der Waals surface area (Å²) in [5, 5.41) is 8.91. The van der Waals surface area contributed by atoms with Crippen LogP contribution in [0, 0.1) is 22.2 Å². The predicted molar refractivity (Wildman–Crippen MR) is 98.8 cm³/mol. The van der Waals surface area contributed by atoms with Gasteiger partial charge in [0.15, 0.2) is 0 Å². The molecule has 0 fully saturated rings. The van der Waals surface area contributed by atoms with E-state index in [9.17, 15) is 0 Å². The van der Waals surface area contributed by atoms with Crippen molar-refractivity contribution in [2.24, 2.45) is 10.8 Å². The van der Waals surface area contributed by atoms with Crippen molar-refractivity contribution < 1.29 is 0 Å². The van der Waals surface area contributed by atoms with Crippen molar-refractivity contribution in [1.82, 2.24) is 0 Å². The van der Waals surface area contributed by atoms with Gasteiger partial charge in [0.1, 0.15) is 0 Å². The fourth-order valence-electron chi connectivity index (χ4n) is 2.64. The maximum atomic E-state index is 8.91. The number of nitriles is 1. The van der Waals surface area contributed by atoms with Crippen molar-refractivity contribution in [3.63, 3.8) is 0 Å². The van der Waals surface area contributed by atoms with Gasteiger partial charge in [-0.3, -0.25) is 0 Å². The maximum Gasteiger partial charge on any atom is 0.0991 e. The summed E-state index contributed by atoms with van der Waals surface area (Å²) in [7, 11) is 0. The van der Waals surface area contributed by atoms with Gasteiger partial charge in [-0.1, -0.05) is 77.0 Å². The van der Waals surface area contributed by atoms with Crippen LogP contribution in [0.15, 0.2) is 53.1 Å². The lowest BCUT2D eigenvalue weighted by molar-refractivity contribution is 0.447. The van der Waals surface area contributed by atoms with Crippen LogP contribution < -0.4 is 0 Å². The van der Waals surface area contributed by atoms with Crippen LogP contribution in [0.1, 0.15) is 59.1 Å². The zero-order valence-electron chi connectivity index (χ0n) is 15.2. The predicted octanol–water partition coefficient (Wildman–Crippen LogP) is 6.29. The first-order chi connectivity index (χ1) is 10.6. The molecule has 0 heterocycles. The van der Waals surface area contributed by atoms with Crippen LogP contribution in [0.4, 0.5) is 0 Å². The minimum absolute atomic E-state index is 0.175. The van der Waals surface area contributed by atoms with E-state index in [1.54, 1.807) is 0 Å². The molecule has 1 aliphatic rings. The molecule has 0 unspecified atom stereocenters. The summed E-state index contributed by atoms with van der Waals surface area (Å²) >= 11 is 0. The molecule has 0 aromatic heterocycles. The van der Waals surface area contributed by atoms with Crippen LogP contribution >= 0.6 is 0 Å². The SMILES string of the molecule is CC(C)(C)C1=CC(=Cc2ccc(C#N)cc2)C=C(C(C)(C)C)C1. The van der Waals surface area contributed by atoms with E-state index in [0.717, 1.165) is 12.0 Å². The molecule has 1 aromatic carbocycles. The van der Waals surface area contributed by atoms with E-state index in [2.05, 4.69) is 65.8 Å². The fraction of sp³-hybridized carbons (Fsp3) is 0.409. The molecule has 1 aromatic rings. The van der Waals surface area contributed by atoms with Gasteiger partial charge in [-0.15, -0.1) is 0 Å². The number of rotatable bonds is 1. The number of allylic oxidation sites excluding steroid dienone is 5. The average molecular weight is 305 g/mol. The molecule has 1 heteroatoms. The van der Waals surface area contributed by atoms with Crippen molar-refractivity contribution in [1.29, 1.82) is 5.26 Å². The Hall–Kier alpha value is -2.07. The van der Waals surface area contributed by atoms with Crippen LogP contribution in [0.3, 0.4) is 0 Å². The normalized spacial score (nSPS) is 15.6. The topological polar surface area (TPSA) is 23.8 Å². The van der Waals surface area contributed by atoms with Crippen molar-refractivity contribution in [2.45, 2.75) is 48.0 Å². The van der Waals surface area contributed by atoms with Crippen LogP contribution in [-0.2, 0) is 0 Å². The highest BCUT2D eigenvalue weighted by Gasteiger charge is 2.26. The van der Waals surface area contributed by atoms with Gasteiger partial charge in [-0.05, 0) is 46.6 Å². The molecule has 1 nitrogen and oxygen atoms in total. The molecule has 1 aliphatic carbocycles. The Morgan fingerprint density at radius 1 is 0.870 bits per heavy atom. The van der Waals surface area contributed by atoms with Crippen LogP contribution in [0.25, 0.3) is 6.08 Å². The minimum Gasteiger partial charge on any atom is -0.192 e. The zero-order valence-corrected chi connectivity index (χ0v) is 15.2. The van der Waals surface area contributed by atoms with Gasteiger partial charge >= 0.3 is 0 Å². The Morgan fingerprint density at radius 2 is 1.35 bits per heavy atom. The quantitative estimate of drug-likeness (QED) is 0.598. The molecular formula is C22H27N. The summed E-state index contributed by atoms with van der Waals surface area (Å²) in [5.74, 6) is 0. The molecule has 0 saturated carbocycles. The van der Waals surface area contributed by atoms with E-state index in [-0.39, 0.29) is 10.8 Å². The zero-order chi connectivity index (χ0) is 17.3. The number of nitrogens with zero attached hydrogens (tertiary/aromatic N) is 1. The smallest absolute Gasteiger partial charge is 0.0991 e. The third kappa shape index (κ3) is 4.45. The van der Waals surface area contributed by atoms with Gasteiger partial charge in [0.05, 0.1) is 11.6 Å². The number of hydrogen-bond donors (Lipinski definition) is 0. The fourth-order valence-corrected chi connectivity index (χ4v) is 2.64. The van der Waals surface area contributed by atoms with E-state index < -0.39 is 0 Å². The van der Waals surface area contributed by atoms with Gasteiger partial charge in [-0.2, -0.15) is 5.26 Å². The molecule has 0 bridgehead atoms. The molecule has 120 valence electrons. The van der Waals surface area contributed by atoms with Gasteiger partial charge in [0, 0.05) is 0 Å². The summed E-state index contributed by atoms with van der Waals surface area (Å²) in [5.41, 5.74) is 6.39. The molecule has 23 heavy (non-hydrogen) atoms. The van der Waals surface area contributed by atoms with Crippen molar-refractivity contribution in [3.8, 4) is 6.07 Å². The average Bonchev–Trinajstić information content (AvgIpc) is 2.46. The second-order valence-electron chi connectivity index (χ2n) is 8.39. The summed E-state index contributed by atoms with van der Waals surface area (Å²) < 4.78 is 0. The number of benzene rings is 1. The first-order valence-electron chi connectivity index (χ1n) is 8.23. The molecule has 0 radical (unpaired) electrons. The second kappa shape index (κ2) is 6.20. The highest BCUT2D eigenvalue weighted by Crippen LogP contribution is 2.41. The summed E-state index contributed by atoms with van der Waals surface area (Å²) in [4.78, 5) is 0. The van der Waals surface area contributed by atoms with Crippen LogP contribution in [0.2, 0.25) is 0 Å². The molecule has 0 amide bonds. The molecular weight excluding hydrogens is 278 g/mol. The molecule has 0 aliphatic heterocycles. The van der Waals surface area contributed by atoms with Crippen LogP contribution in [0.5, 0.6) is 0 Å². The minimum atomic E-state index is 0.175. The van der Waals surface area contributed by atoms with E-state index in [0.29, 0.717) is 5.56 Å². The first kappa shape index (κ1) is 17.3.